The number of hydrogen-bond acceptors (Lipinski definition) is 3. The van der Waals surface area contributed by atoms with Crippen molar-refractivity contribution < 1.29 is 9.59 Å². The Morgan fingerprint density at radius 1 is 1.50 bits per heavy atom. The second-order valence-corrected chi connectivity index (χ2v) is 5.88. The summed E-state index contributed by atoms with van der Waals surface area (Å²) in [6.45, 7) is 4.81. The Morgan fingerprint density at radius 2 is 2.32 bits per heavy atom. The number of primary amides is 1. The Balaban J connectivity index is 1.68. The van der Waals surface area contributed by atoms with Crippen LogP contribution < -0.4 is 11.1 Å². The number of nitrogens with one attached hydrogen (secondary N) is 1. The molecule has 1 saturated heterocycles. The summed E-state index contributed by atoms with van der Waals surface area (Å²) in [4.78, 5) is 29.1. The van der Waals surface area contributed by atoms with Crippen molar-refractivity contribution >= 4 is 11.9 Å². The summed E-state index contributed by atoms with van der Waals surface area (Å²) < 4.78 is 2.07. The fourth-order valence-corrected chi connectivity index (χ4v) is 2.90. The van der Waals surface area contributed by atoms with Gasteiger partial charge in [0.25, 0.3) is 0 Å². The summed E-state index contributed by atoms with van der Waals surface area (Å²) in [5.74, 6) is 0.894. The monoisotopic (exact) mass is 307 g/mol. The van der Waals surface area contributed by atoms with E-state index in [-0.39, 0.29) is 17.9 Å². The van der Waals surface area contributed by atoms with Crippen molar-refractivity contribution in [3.63, 3.8) is 0 Å². The number of likely N-dealkylation sites (tertiary alicyclic amines) is 1. The van der Waals surface area contributed by atoms with Gasteiger partial charge in [0.05, 0.1) is 0 Å². The molecule has 3 N–H and O–H groups in total. The highest BCUT2D eigenvalue weighted by molar-refractivity contribution is 5.75. The van der Waals surface area contributed by atoms with Gasteiger partial charge in [0.2, 0.25) is 5.91 Å². The van der Waals surface area contributed by atoms with Crippen LogP contribution in [0.2, 0.25) is 0 Å². The van der Waals surface area contributed by atoms with Crippen LogP contribution in [-0.2, 0) is 11.3 Å². The highest BCUT2D eigenvalue weighted by atomic mass is 16.2. The van der Waals surface area contributed by atoms with Gasteiger partial charge in [-0.15, -0.1) is 0 Å². The molecule has 2 heterocycles. The van der Waals surface area contributed by atoms with E-state index in [1.165, 1.54) is 0 Å². The van der Waals surface area contributed by atoms with Crippen molar-refractivity contribution in [3.05, 3.63) is 18.2 Å². The number of carbonyl (C=O) groups is 2. The lowest BCUT2D eigenvalue weighted by atomic mass is 9.95. The van der Waals surface area contributed by atoms with E-state index < -0.39 is 0 Å². The lowest BCUT2D eigenvalue weighted by Gasteiger charge is -2.32. The number of urea groups is 1. The minimum absolute atomic E-state index is 0.0449. The third kappa shape index (κ3) is 4.75. The fraction of sp³-hybridized carbons (Fsp3) is 0.667. The number of carbonyl (C=O) groups excluding carboxylic acids is 2. The maximum atomic E-state index is 12.1. The molecule has 1 atom stereocenters. The molecule has 7 nitrogen and oxygen atoms in total. The maximum absolute atomic E-state index is 12.1. The summed E-state index contributed by atoms with van der Waals surface area (Å²) >= 11 is 0. The van der Waals surface area contributed by atoms with Gasteiger partial charge in [-0.25, -0.2) is 9.78 Å². The third-order valence-electron chi connectivity index (χ3n) is 4.07. The van der Waals surface area contributed by atoms with Gasteiger partial charge in [-0.3, -0.25) is 4.79 Å². The number of rotatable bonds is 6. The van der Waals surface area contributed by atoms with E-state index in [9.17, 15) is 9.59 Å². The molecule has 122 valence electrons. The highest BCUT2D eigenvalue weighted by Gasteiger charge is 2.24. The molecule has 3 amide bonds. The van der Waals surface area contributed by atoms with Crippen LogP contribution in [0.5, 0.6) is 0 Å². The van der Waals surface area contributed by atoms with Crippen LogP contribution in [-0.4, -0.2) is 46.0 Å². The summed E-state index contributed by atoms with van der Waals surface area (Å²) in [7, 11) is 0. The second kappa shape index (κ2) is 7.82. The lowest BCUT2D eigenvalue weighted by molar-refractivity contribution is -0.119. The molecule has 1 fully saturated rings. The summed E-state index contributed by atoms with van der Waals surface area (Å²) in [6.07, 6.45) is 6.84. The van der Waals surface area contributed by atoms with E-state index in [4.69, 9.17) is 5.73 Å². The normalized spacial score (nSPS) is 18.2. The molecule has 0 bridgehead atoms. The number of aryl methyl sites for hydroxylation is 2. The number of nitrogens with zero attached hydrogens (tertiary/aromatic N) is 3. The number of piperidine rings is 1. The molecule has 1 unspecified atom stereocenters. The molecule has 0 saturated carbocycles. The molecule has 1 aliphatic heterocycles. The standard InChI is InChI=1S/C15H25N5O2/c1-12-17-6-9-19(12)8-3-5-18-15(22)20-7-2-4-13(11-20)10-14(16)21/h6,9,13H,2-5,7-8,10-11H2,1H3,(H2,16,21)(H,18,22). The van der Waals surface area contributed by atoms with Crippen LogP contribution in [0.25, 0.3) is 0 Å². The van der Waals surface area contributed by atoms with E-state index in [0.717, 1.165) is 38.2 Å². The lowest BCUT2D eigenvalue weighted by Crippen LogP contribution is -2.46. The van der Waals surface area contributed by atoms with Gasteiger partial charge in [0.15, 0.2) is 0 Å². The largest absolute Gasteiger partial charge is 0.370 e. The van der Waals surface area contributed by atoms with Gasteiger partial charge in [0, 0.05) is 45.0 Å². The quantitative estimate of drug-likeness (QED) is 0.764. The maximum Gasteiger partial charge on any atom is 0.317 e. The zero-order valence-electron chi connectivity index (χ0n) is 13.1. The van der Waals surface area contributed by atoms with Crippen LogP contribution in [0.15, 0.2) is 12.4 Å². The van der Waals surface area contributed by atoms with Crippen molar-refractivity contribution in [1.29, 1.82) is 0 Å². The van der Waals surface area contributed by atoms with Crippen molar-refractivity contribution in [2.45, 2.75) is 39.2 Å². The molecule has 1 aliphatic rings. The van der Waals surface area contributed by atoms with E-state index in [1.54, 1.807) is 11.1 Å². The van der Waals surface area contributed by atoms with Gasteiger partial charge >= 0.3 is 6.03 Å². The average molecular weight is 307 g/mol. The van der Waals surface area contributed by atoms with Crippen LogP contribution in [0, 0.1) is 12.8 Å². The molecular formula is C15H25N5O2. The zero-order chi connectivity index (χ0) is 15.9. The molecule has 1 aromatic rings. The van der Waals surface area contributed by atoms with Gasteiger partial charge < -0.3 is 20.5 Å². The van der Waals surface area contributed by atoms with E-state index >= 15 is 0 Å². The summed E-state index contributed by atoms with van der Waals surface area (Å²) in [6, 6.07) is -0.0449. The zero-order valence-corrected chi connectivity index (χ0v) is 13.1. The number of aromatic nitrogens is 2. The first-order chi connectivity index (χ1) is 10.6. The van der Waals surface area contributed by atoms with Gasteiger partial charge in [-0.05, 0) is 32.1 Å². The van der Waals surface area contributed by atoms with Crippen molar-refractivity contribution in [2.75, 3.05) is 19.6 Å². The van der Waals surface area contributed by atoms with E-state index in [1.807, 2.05) is 13.1 Å². The van der Waals surface area contributed by atoms with Gasteiger partial charge in [-0.1, -0.05) is 0 Å². The third-order valence-corrected chi connectivity index (χ3v) is 4.07. The second-order valence-electron chi connectivity index (χ2n) is 5.88. The highest BCUT2D eigenvalue weighted by Crippen LogP contribution is 2.19. The Morgan fingerprint density at radius 3 is 3.00 bits per heavy atom. The minimum atomic E-state index is -0.289. The number of hydrogen-bond donors (Lipinski definition) is 2. The minimum Gasteiger partial charge on any atom is -0.370 e. The van der Waals surface area contributed by atoms with Gasteiger partial charge in [0.1, 0.15) is 5.82 Å². The van der Waals surface area contributed by atoms with E-state index in [2.05, 4.69) is 14.9 Å². The van der Waals surface area contributed by atoms with Crippen molar-refractivity contribution in [3.8, 4) is 0 Å². The molecule has 0 spiro atoms. The first-order valence-corrected chi connectivity index (χ1v) is 7.85. The molecule has 22 heavy (non-hydrogen) atoms. The number of nitrogens with two attached hydrogens (primary N) is 1. The van der Waals surface area contributed by atoms with Crippen molar-refractivity contribution in [1.82, 2.24) is 19.8 Å². The van der Waals surface area contributed by atoms with Crippen LogP contribution in [0.3, 0.4) is 0 Å². The Labute approximate surface area is 130 Å². The fourth-order valence-electron chi connectivity index (χ4n) is 2.90. The first kappa shape index (κ1) is 16.3. The van der Waals surface area contributed by atoms with Crippen molar-refractivity contribution in [2.24, 2.45) is 11.7 Å². The van der Waals surface area contributed by atoms with Crippen LogP contribution in [0.1, 0.15) is 31.5 Å². The first-order valence-electron chi connectivity index (χ1n) is 7.85. The number of amides is 3. The molecule has 2 rings (SSSR count). The summed E-state index contributed by atoms with van der Waals surface area (Å²) in [5.41, 5.74) is 5.24. The predicted octanol–water partition coefficient (Wildman–Crippen LogP) is 0.879. The molecule has 7 heteroatoms. The molecule has 0 aliphatic carbocycles. The molecular weight excluding hydrogens is 282 g/mol. The van der Waals surface area contributed by atoms with Crippen LogP contribution >= 0.6 is 0 Å². The molecule has 0 aromatic carbocycles. The SMILES string of the molecule is Cc1nccn1CCCNC(=O)N1CCCC(CC(N)=O)C1. The Kier molecular flexibility index (Phi) is 5.80. The Hall–Kier alpha value is -2.05. The average Bonchev–Trinajstić information content (AvgIpc) is 2.88. The van der Waals surface area contributed by atoms with E-state index in [0.29, 0.717) is 19.5 Å². The topological polar surface area (TPSA) is 93.2 Å². The number of imidazole rings is 1. The summed E-state index contributed by atoms with van der Waals surface area (Å²) in [5, 5.41) is 2.95. The molecule has 1 aromatic heterocycles. The van der Waals surface area contributed by atoms with Gasteiger partial charge in [-0.2, -0.15) is 0 Å². The molecule has 0 radical (unpaired) electrons. The predicted molar refractivity (Wildman–Crippen MR) is 83.1 cm³/mol. The smallest absolute Gasteiger partial charge is 0.317 e. The van der Waals surface area contributed by atoms with Crippen LogP contribution in [0.4, 0.5) is 4.79 Å². The Bertz CT molecular complexity index is 514.